The number of nitrogens with one attached hydrogen (secondary N) is 3. The molecule has 1 heterocycles. The van der Waals surface area contributed by atoms with Crippen LogP contribution in [0.5, 0.6) is 0 Å². The topological polar surface area (TPSA) is 90.5 Å². The molecule has 1 aliphatic heterocycles. The lowest BCUT2D eigenvalue weighted by Crippen LogP contribution is -2.50. The van der Waals surface area contributed by atoms with Crippen LogP contribution in [0.4, 0.5) is 0 Å². The van der Waals surface area contributed by atoms with Gasteiger partial charge in [-0.3, -0.25) is 9.59 Å². The number of β-amino-alcohol motifs (C(OH)–C–C–N with tert-alkyl or cyclic N) is 1. The summed E-state index contributed by atoms with van der Waals surface area (Å²) in [6.07, 6.45) is 2.00. The monoisotopic (exact) mass is 241 g/mol. The number of hydrogen-bond acceptors (Lipinski definition) is 4. The average Bonchev–Trinajstić information content (AvgIpc) is 2.97. The van der Waals surface area contributed by atoms with Crippen LogP contribution in [0.2, 0.25) is 0 Å². The van der Waals surface area contributed by atoms with Crippen LogP contribution in [0.25, 0.3) is 0 Å². The second-order valence-corrected chi connectivity index (χ2v) is 4.86. The highest BCUT2D eigenvalue weighted by molar-refractivity contribution is 5.89. The van der Waals surface area contributed by atoms with Crippen molar-refractivity contribution < 1.29 is 14.7 Å². The van der Waals surface area contributed by atoms with E-state index in [1.165, 1.54) is 0 Å². The lowest BCUT2D eigenvalue weighted by molar-refractivity contribution is -0.129. The zero-order chi connectivity index (χ0) is 12.4. The predicted molar refractivity (Wildman–Crippen MR) is 61.2 cm³/mol. The Balaban J connectivity index is 1.74. The van der Waals surface area contributed by atoms with Gasteiger partial charge in [0.15, 0.2) is 0 Å². The van der Waals surface area contributed by atoms with E-state index in [0.717, 1.165) is 12.8 Å². The van der Waals surface area contributed by atoms with E-state index < -0.39 is 12.1 Å². The van der Waals surface area contributed by atoms with E-state index in [4.69, 9.17) is 0 Å². The summed E-state index contributed by atoms with van der Waals surface area (Å²) < 4.78 is 0. The maximum Gasteiger partial charge on any atom is 0.242 e. The molecule has 4 N–H and O–H groups in total. The van der Waals surface area contributed by atoms with Crippen molar-refractivity contribution in [1.29, 1.82) is 0 Å². The summed E-state index contributed by atoms with van der Waals surface area (Å²) in [5.41, 5.74) is 0. The Kier molecular flexibility index (Phi) is 3.63. The number of hydrogen-bond donors (Lipinski definition) is 4. The van der Waals surface area contributed by atoms with Crippen molar-refractivity contribution in [2.45, 2.75) is 50.4 Å². The minimum Gasteiger partial charge on any atom is -0.392 e. The second-order valence-electron chi connectivity index (χ2n) is 4.86. The van der Waals surface area contributed by atoms with E-state index in [0.29, 0.717) is 19.0 Å². The standard InChI is InChI=1S/C11H19N3O3/c1-6(10(16)14-7-2-3-7)13-11(17)9-4-8(15)5-12-9/h6-9,12,15H,2-5H2,1H3,(H,13,17)(H,14,16). The third-order valence-electron chi connectivity index (χ3n) is 3.10. The Labute approximate surface area is 100 Å². The Morgan fingerprint density at radius 2 is 2.12 bits per heavy atom. The Morgan fingerprint density at radius 3 is 2.65 bits per heavy atom. The first-order chi connectivity index (χ1) is 8.06. The van der Waals surface area contributed by atoms with Crippen molar-refractivity contribution in [2.75, 3.05) is 6.54 Å². The number of rotatable bonds is 4. The number of carbonyl (C=O) groups excluding carboxylic acids is 2. The molecule has 2 rings (SSSR count). The highest BCUT2D eigenvalue weighted by atomic mass is 16.3. The highest BCUT2D eigenvalue weighted by Crippen LogP contribution is 2.18. The van der Waals surface area contributed by atoms with Crippen LogP contribution in [0.3, 0.4) is 0 Å². The number of aliphatic hydroxyl groups is 1. The molecule has 3 unspecified atom stereocenters. The fourth-order valence-corrected chi connectivity index (χ4v) is 1.85. The van der Waals surface area contributed by atoms with Crippen LogP contribution in [0.15, 0.2) is 0 Å². The quantitative estimate of drug-likeness (QED) is 0.482. The molecule has 2 amide bonds. The van der Waals surface area contributed by atoms with Crippen LogP contribution in [-0.2, 0) is 9.59 Å². The molecule has 1 aliphatic carbocycles. The lowest BCUT2D eigenvalue weighted by Gasteiger charge is -2.16. The molecule has 17 heavy (non-hydrogen) atoms. The van der Waals surface area contributed by atoms with Gasteiger partial charge in [0.1, 0.15) is 6.04 Å². The molecule has 3 atom stereocenters. The number of amides is 2. The second kappa shape index (κ2) is 5.01. The summed E-state index contributed by atoms with van der Waals surface area (Å²) in [6, 6.07) is -0.614. The maximum atomic E-state index is 11.7. The van der Waals surface area contributed by atoms with Gasteiger partial charge in [-0.1, -0.05) is 0 Å². The summed E-state index contributed by atoms with van der Waals surface area (Å²) in [5, 5.41) is 17.7. The van der Waals surface area contributed by atoms with Crippen LogP contribution >= 0.6 is 0 Å². The highest BCUT2D eigenvalue weighted by Gasteiger charge is 2.31. The number of aliphatic hydroxyl groups excluding tert-OH is 1. The van der Waals surface area contributed by atoms with Gasteiger partial charge in [-0.15, -0.1) is 0 Å². The van der Waals surface area contributed by atoms with E-state index in [-0.39, 0.29) is 17.9 Å². The molecule has 0 radical (unpaired) electrons. The molecule has 0 aromatic heterocycles. The van der Waals surface area contributed by atoms with Crippen molar-refractivity contribution in [3.05, 3.63) is 0 Å². The van der Waals surface area contributed by atoms with Gasteiger partial charge in [0.05, 0.1) is 12.1 Å². The van der Waals surface area contributed by atoms with Crippen LogP contribution in [0.1, 0.15) is 26.2 Å². The van der Waals surface area contributed by atoms with Crippen LogP contribution in [0, 0.1) is 0 Å². The van der Waals surface area contributed by atoms with E-state index in [9.17, 15) is 14.7 Å². The average molecular weight is 241 g/mol. The van der Waals surface area contributed by atoms with Crippen molar-refractivity contribution in [1.82, 2.24) is 16.0 Å². The minimum absolute atomic E-state index is 0.139. The van der Waals surface area contributed by atoms with Gasteiger partial charge in [0.25, 0.3) is 0 Å². The number of carbonyl (C=O) groups is 2. The summed E-state index contributed by atoms with van der Waals surface area (Å²) >= 11 is 0. The molecule has 0 aromatic carbocycles. The summed E-state index contributed by atoms with van der Waals surface area (Å²) in [6.45, 7) is 2.10. The van der Waals surface area contributed by atoms with Gasteiger partial charge in [-0.25, -0.2) is 0 Å². The van der Waals surface area contributed by atoms with Gasteiger partial charge in [0, 0.05) is 12.6 Å². The molecule has 0 bridgehead atoms. The smallest absolute Gasteiger partial charge is 0.242 e. The third kappa shape index (κ3) is 3.41. The van der Waals surface area contributed by atoms with E-state index in [1.807, 2.05) is 0 Å². The molecule has 1 saturated carbocycles. The maximum absolute atomic E-state index is 11.7. The molecule has 0 aromatic rings. The minimum atomic E-state index is -0.525. The molecule has 6 heteroatoms. The molecule has 2 aliphatic rings. The normalized spacial score (nSPS) is 29.8. The van der Waals surface area contributed by atoms with Crippen molar-refractivity contribution in [3.63, 3.8) is 0 Å². The Hall–Kier alpha value is -1.14. The van der Waals surface area contributed by atoms with Crippen molar-refractivity contribution in [3.8, 4) is 0 Å². The first-order valence-corrected chi connectivity index (χ1v) is 6.08. The molecule has 1 saturated heterocycles. The molecule has 0 spiro atoms. The fourth-order valence-electron chi connectivity index (χ4n) is 1.85. The first-order valence-electron chi connectivity index (χ1n) is 6.08. The SMILES string of the molecule is CC(NC(=O)C1CC(O)CN1)C(=O)NC1CC1. The fraction of sp³-hybridized carbons (Fsp3) is 0.818. The zero-order valence-corrected chi connectivity index (χ0v) is 9.90. The van der Waals surface area contributed by atoms with Crippen molar-refractivity contribution >= 4 is 11.8 Å². The van der Waals surface area contributed by atoms with Crippen LogP contribution in [-0.4, -0.2) is 47.7 Å². The van der Waals surface area contributed by atoms with Crippen molar-refractivity contribution in [2.24, 2.45) is 0 Å². The van der Waals surface area contributed by atoms with E-state index >= 15 is 0 Å². The van der Waals surface area contributed by atoms with Gasteiger partial charge in [-0.2, -0.15) is 0 Å². The predicted octanol–water partition coefficient (Wildman–Crippen LogP) is -1.51. The Bertz CT molecular complexity index is 317. The Morgan fingerprint density at radius 1 is 1.41 bits per heavy atom. The largest absolute Gasteiger partial charge is 0.392 e. The summed E-state index contributed by atoms with van der Waals surface area (Å²) in [4.78, 5) is 23.4. The van der Waals surface area contributed by atoms with Gasteiger partial charge in [-0.05, 0) is 26.2 Å². The van der Waals surface area contributed by atoms with Crippen LogP contribution < -0.4 is 16.0 Å². The summed E-state index contributed by atoms with van der Waals surface area (Å²) in [5.74, 6) is -0.362. The summed E-state index contributed by atoms with van der Waals surface area (Å²) in [7, 11) is 0. The molecule has 6 nitrogen and oxygen atoms in total. The molecular formula is C11H19N3O3. The lowest BCUT2D eigenvalue weighted by atomic mass is 10.2. The van der Waals surface area contributed by atoms with E-state index in [2.05, 4.69) is 16.0 Å². The molecular weight excluding hydrogens is 222 g/mol. The third-order valence-corrected chi connectivity index (χ3v) is 3.10. The van der Waals surface area contributed by atoms with Gasteiger partial charge in [0.2, 0.25) is 11.8 Å². The van der Waals surface area contributed by atoms with Gasteiger partial charge >= 0.3 is 0 Å². The van der Waals surface area contributed by atoms with E-state index in [1.54, 1.807) is 6.92 Å². The zero-order valence-electron chi connectivity index (χ0n) is 9.90. The molecule has 2 fully saturated rings. The first kappa shape index (κ1) is 12.3. The molecule has 96 valence electrons. The van der Waals surface area contributed by atoms with Gasteiger partial charge < -0.3 is 21.1 Å².